The third-order valence-electron chi connectivity index (χ3n) is 7.17. The highest BCUT2D eigenvalue weighted by Crippen LogP contribution is 2.30. The summed E-state index contributed by atoms with van der Waals surface area (Å²) in [5, 5.41) is 9.50. The van der Waals surface area contributed by atoms with Crippen LogP contribution in [0.15, 0.2) is 72.8 Å². The van der Waals surface area contributed by atoms with Gasteiger partial charge in [0.05, 0.1) is 11.6 Å². The van der Waals surface area contributed by atoms with E-state index < -0.39 is 0 Å². The standard InChI is InChI=1S/C32H31FN4O/c1-2-3-10-29-35-30(25-15-17-27(33)18-16-25)31(32(38)36-19-6-7-20-36)37(29)22-23-11-13-24(14-12-23)28-9-5-4-8-26(28)21-34/h4-5,8-9,11-18H,2-3,6-7,10,19-20,22H2,1H3. The number of hydrogen-bond donors (Lipinski definition) is 0. The van der Waals surface area contributed by atoms with Gasteiger partial charge in [0.1, 0.15) is 23.0 Å². The van der Waals surface area contributed by atoms with E-state index in [1.54, 1.807) is 12.1 Å². The molecule has 1 aliphatic rings. The van der Waals surface area contributed by atoms with Crippen LogP contribution >= 0.6 is 0 Å². The molecule has 0 bridgehead atoms. The van der Waals surface area contributed by atoms with Gasteiger partial charge in [0.25, 0.3) is 5.91 Å². The third kappa shape index (κ3) is 5.24. The number of rotatable bonds is 8. The molecule has 4 aromatic rings. The van der Waals surface area contributed by atoms with Crippen molar-refractivity contribution in [3.05, 3.63) is 101 Å². The number of nitrogens with zero attached hydrogens (tertiary/aromatic N) is 4. The molecular weight excluding hydrogens is 475 g/mol. The molecule has 6 heteroatoms. The predicted octanol–water partition coefficient (Wildman–Crippen LogP) is 6.85. The molecule has 38 heavy (non-hydrogen) atoms. The smallest absolute Gasteiger partial charge is 0.272 e. The second-order valence-electron chi connectivity index (χ2n) is 9.78. The zero-order valence-electron chi connectivity index (χ0n) is 21.7. The Morgan fingerprint density at radius 2 is 1.66 bits per heavy atom. The fraction of sp³-hybridized carbons (Fsp3) is 0.281. The molecule has 0 saturated carbocycles. The first-order valence-electron chi connectivity index (χ1n) is 13.3. The molecule has 1 aliphatic heterocycles. The fourth-order valence-corrected chi connectivity index (χ4v) is 5.10. The van der Waals surface area contributed by atoms with E-state index in [9.17, 15) is 14.4 Å². The van der Waals surface area contributed by atoms with Gasteiger partial charge in [0.15, 0.2) is 0 Å². The zero-order valence-corrected chi connectivity index (χ0v) is 21.7. The molecule has 0 atom stereocenters. The van der Waals surface area contributed by atoms with E-state index in [2.05, 4.69) is 29.7 Å². The Bertz CT molecular complexity index is 1460. The average Bonchev–Trinajstić information content (AvgIpc) is 3.61. The molecule has 1 fully saturated rings. The number of likely N-dealkylation sites (tertiary alicyclic amines) is 1. The maximum atomic E-state index is 13.9. The first kappa shape index (κ1) is 25.4. The van der Waals surface area contributed by atoms with Crippen molar-refractivity contribution >= 4 is 5.91 Å². The Morgan fingerprint density at radius 1 is 0.974 bits per heavy atom. The summed E-state index contributed by atoms with van der Waals surface area (Å²) < 4.78 is 15.8. The Hall–Kier alpha value is -4.24. The van der Waals surface area contributed by atoms with Gasteiger partial charge in [0, 0.05) is 31.6 Å². The van der Waals surface area contributed by atoms with Crippen molar-refractivity contribution in [3.63, 3.8) is 0 Å². The van der Waals surface area contributed by atoms with Crippen molar-refractivity contribution in [2.75, 3.05) is 13.1 Å². The number of carbonyl (C=O) groups is 1. The van der Waals surface area contributed by atoms with Crippen LogP contribution in [-0.2, 0) is 13.0 Å². The van der Waals surface area contributed by atoms with Crippen molar-refractivity contribution in [1.29, 1.82) is 5.26 Å². The van der Waals surface area contributed by atoms with E-state index >= 15 is 0 Å². The predicted molar refractivity (Wildman–Crippen MR) is 147 cm³/mol. The van der Waals surface area contributed by atoms with Crippen LogP contribution in [0.4, 0.5) is 4.39 Å². The Labute approximate surface area is 223 Å². The average molecular weight is 507 g/mol. The summed E-state index contributed by atoms with van der Waals surface area (Å²) in [5.41, 5.74) is 5.49. The lowest BCUT2D eigenvalue weighted by atomic mass is 9.99. The summed E-state index contributed by atoms with van der Waals surface area (Å²) in [4.78, 5) is 20.8. The number of unbranched alkanes of at least 4 members (excludes halogenated alkanes) is 1. The van der Waals surface area contributed by atoms with Crippen molar-refractivity contribution in [2.24, 2.45) is 0 Å². The molecule has 2 heterocycles. The van der Waals surface area contributed by atoms with Gasteiger partial charge in [-0.3, -0.25) is 4.79 Å². The minimum Gasteiger partial charge on any atom is -0.337 e. The molecular formula is C32H31FN4O. The van der Waals surface area contributed by atoms with Crippen LogP contribution in [0.1, 0.15) is 60.0 Å². The third-order valence-corrected chi connectivity index (χ3v) is 7.17. The minimum atomic E-state index is -0.315. The largest absolute Gasteiger partial charge is 0.337 e. The Balaban J connectivity index is 1.57. The molecule has 1 amide bonds. The molecule has 0 unspecified atom stereocenters. The zero-order chi connectivity index (χ0) is 26.5. The number of carbonyl (C=O) groups excluding carboxylic acids is 1. The van der Waals surface area contributed by atoms with Gasteiger partial charge in [0.2, 0.25) is 0 Å². The molecule has 1 aromatic heterocycles. The van der Waals surface area contributed by atoms with Crippen LogP contribution in [0, 0.1) is 17.1 Å². The number of aryl methyl sites for hydroxylation is 1. The first-order chi connectivity index (χ1) is 18.6. The van der Waals surface area contributed by atoms with Crippen LogP contribution in [-0.4, -0.2) is 33.4 Å². The topological polar surface area (TPSA) is 61.9 Å². The maximum absolute atomic E-state index is 13.9. The SMILES string of the molecule is CCCCc1nc(-c2ccc(F)cc2)c(C(=O)N2CCCC2)n1Cc1ccc(-c2ccccc2C#N)cc1. The highest BCUT2D eigenvalue weighted by molar-refractivity contribution is 5.99. The van der Waals surface area contributed by atoms with Crippen LogP contribution in [0.3, 0.4) is 0 Å². The van der Waals surface area contributed by atoms with Crippen LogP contribution in [0.5, 0.6) is 0 Å². The quantitative estimate of drug-likeness (QED) is 0.262. The lowest BCUT2D eigenvalue weighted by Gasteiger charge is -2.19. The number of benzene rings is 3. The number of aromatic nitrogens is 2. The van der Waals surface area contributed by atoms with Crippen molar-refractivity contribution in [1.82, 2.24) is 14.5 Å². The second-order valence-corrected chi connectivity index (χ2v) is 9.78. The van der Waals surface area contributed by atoms with Gasteiger partial charge < -0.3 is 9.47 Å². The number of imidazole rings is 1. The first-order valence-corrected chi connectivity index (χ1v) is 13.3. The number of nitriles is 1. The summed E-state index contributed by atoms with van der Waals surface area (Å²) in [6.07, 6.45) is 4.73. The molecule has 5 nitrogen and oxygen atoms in total. The Kier molecular flexibility index (Phi) is 7.65. The van der Waals surface area contributed by atoms with Gasteiger partial charge in [-0.25, -0.2) is 9.37 Å². The number of hydrogen-bond acceptors (Lipinski definition) is 3. The molecule has 0 N–H and O–H groups in total. The van der Waals surface area contributed by atoms with Crippen molar-refractivity contribution < 1.29 is 9.18 Å². The fourth-order valence-electron chi connectivity index (χ4n) is 5.10. The molecule has 192 valence electrons. The normalized spacial score (nSPS) is 13.0. The van der Waals surface area contributed by atoms with Gasteiger partial charge in [-0.1, -0.05) is 55.8 Å². The molecule has 0 spiro atoms. The van der Waals surface area contributed by atoms with E-state index in [1.165, 1.54) is 12.1 Å². The molecule has 0 radical (unpaired) electrons. The summed E-state index contributed by atoms with van der Waals surface area (Å²) in [6, 6.07) is 24.2. The van der Waals surface area contributed by atoms with Crippen LogP contribution in [0.25, 0.3) is 22.4 Å². The minimum absolute atomic E-state index is 0.0170. The maximum Gasteiger partial charge on any atom is 0.272 e. The van der Waals surface area contributed by atoms with Gasteiger partial charge in [-0.05, 0) is 66.3 Å². The van der Waals surface area contributed by atoms with E-state index in [4.69, 9.17) is 4.98 Å². The number of halogens is 1. The van der Waals surface area contributed by atoms with Gasteiger partial charge in [-0.2, -0.15) is 5.26 Å². The van der Waals surface area contributed by atoms with E-state index in [0.29, 0.717) is 23.5 Å². The highest BCUT2D eigenvalue weighted by Gasteiger charge is 2.29. The van der Waals surface area contributed by atoms with Crippen molar-refractivity contribution in [2.45, 2.75) is 45.6 Å². The van der Waals surface area contributed by atoms with Gasteiger partial charge in [-0.15, -0.1) is 0 Å². The summed E-state index contributed by atoms with van der Waals surface area (Å²) in [7, 11) is 0. The summed E-state index contributed by atoms with van der Waals surface area (Å²) in [6.45, 7) is 4.12. The van der Waals surface area contributed by atoms with Crippen molar-refractivity contribution in [3.8, 4) is 28.5 Å². The number of amides is 1. The molecule has 3 aromatic carbocycles. The lowest BCUT2D eigenvalue weighted by molar-refractivity contribution is 0.0783. The van der Waals surface area contributed by atoms with Crippen LogP contribution in [0.2, 0.25) is 0 Å². The molecule has 5 rings (SSSR count). The van der Waals surface area contributed by atoms with Crippen LogP contribution < -0.4 is 0 Å². The second kappa shape index (κ2) is 11.4. The van der Waals surface area contributed by atoms with E-state index in [-0.39, 0.29) is 11.7 Å². The Morgan fingerprint density at radius 3 is 2.34 bits per heavy atom. The lowest BCUT2D eigenvalue weighted by Crippen LogP contribution is -2.30. The van der Waals surface area contributed by atoms with E-state index in [1.807, 2.05) is 41.3 Å². The molecule has 1 saturated heterocycles. The highest BCUT2D eigenvalue weighted by atomic mass is 19.1. The van der Waals surface area contributed by atoms with Gasteiger partial charge >= 0.3 is 0 Å². The summed E-state index contributed by atoms with van der Waals surface area (Å²) in [5.74, 6) is 0.536. The molecule has 0 aliphatic carbocycles. The monoisotopic (exact) mass is 506 g/mol. The van der Waals surface area contributed by atoms with E-state index in [0.717, 1.165) is 73.3 Å². The summed E-state index contributed by atoms with van der Waals surface area (Å²) >= 11 is 0.